The zero-order valence-electron chi connectivity index (χ0n) is 19.8. The van der Waals surface area contributed by atoms with Crippen LogP contribution in [-0.4, -0.2) is 32.4 Å². The molecule has 1 aliphatic heterocycles. The molecule has 0 spiro atoms. The van der Waals surface area contributed by atoms with Gasteiger partial charge in [-0.3, -0.25) is 0 Å². The second kappa shape index (κ2) is 10.1. The highest BCUT2D eigenvalue weighted by atomic mass is 79.9. The summed E-state index contributed by atoms with van der Waals surface area (Å²) >= 11 is 16.3. The topological polar surface area (TPSA) is 38.9 Å². The maximum atomic E-state index is 13.9. The van der Waals surface area contributed by atoms with Gasteiger partial charge in [-0.15, -0.1) is 0 Å². The number of fused-ring (bicyclic) bond motifs is 1. The van der Waals surface area contributed by atoms with E-state index in [0.717, 1.165) is 69.9 Å². The second-order valence-corrected chi connectivity index (χ2v) is 11.0. The van der Waals surface area contributed by atoms with Crippen molar-refractivity contribution >= 4 is 56.1 Å². The second-order valence-electron chi connectivity index (χ2n) is 9.22. The van der Waals surface area contributed by atoms with Crippen molar-refractivity contribution in [2.45, 2.75) is 25.8 Å². The molecule has 5 aromatic rings. The number of aromatic nitrogens is 4. The SMILES string of the molecule is Fc1ccc(Cn2c(N3CCCCC3)nc3c(-c4ccnn4-c4ccc(Br)cc4)cc(Cl)cc32)cc1Cl. The van der Waals surface area contributed by atoms with Gasteiger partial charge in [0.1, 0.15) is 11.3 Å². The van der Waals surface area contributed by atoms with Crippen molar-refractivity contribution in [2.24, 2.45) is 0 Å². The molecule has 0 saturated carbocycles. The lowest BCUT2D eigenvalue weighted by atomic mass is 10.1. The van der Waals surface area contributed by atoms with Crippen LogP contribution in [-0.2, 0) is 6.54 Å². The van der Waals surface area contributed by atoms with Crippen molar-refractivity contribution in [3.05, 3.63) is 92.8 Å². The van der Waals surface area contributed by atoms with Gasteiger partial charge in [0.05, 0.1) is 34.7 Å². The van der Waals surface area contributed by atoms with Crippen LogP contribution in [0.4, 0.5) is 10.3 Å². The Morgan fingerprint density at radius 2 is 1.70 bits per heavy atom. The third kappa shape index (κ3) is 4.76. The summed E-state index contributed by atoms with van der Waals surface area (Å²) in [6.07, 6.45) is 5.24. The van der Waals surface area contributed by atoms with Crippen LogP contribution in [0.3, 0.4) is 0 Å². The van der Waals surface area contributed by atoms with E-state index >= 15 is 0 Å². The van der Waals surface area contributed by atoms with E-state index in [0.29, 0.717) is 11.6 Å². The molecule has 5 nitrogen and oxygen atoms in total. The minimum atomic E-state index is -0.427. The van der Waals surface area contributed by atoms with Crippen LogP contribution in [0.25, 0.3) is 28.0 Å². The maximum Gasteiger partial charge on any atom is 0.206 e. The first-order chi connectivity index (χ1) is 18.0. The molecule has 0 atom stereocenters. The Bertz CT molecular complexity index is 1590. The van der Waals surface area contributed by atoms with E-state index in [1.165, 1.54) is 12.5 Å². The Morgan fingerprint density at radius 3 is 2.46 bits per heavy atom. The van der Waals surface area contributed by atoms with Crippen LogP contribution < -0.4 is 4.90 Å². The highest BCUT2D eigenvalue weighted by Gasteiger charge is 2.23. The van der Waals surface area contributed by atoms with Gasteiger partial charge in [0, 0.05) is 28.1 Å². The van der Waals surface area contributed by atoms with Crippen molar-refractivity contribution < 1.29 is 4.39 Å². The Balaban J connectivity index is 1.54. The lowest BCUT2D eigenvalue weighted by Crippen LogP contribution is -2.32. The van der Waals surface area contributed by atoms with E-state index < -0.39 is 5.82 Å². The lowest BCUT2D eigenvalue weighted by Gasteiger charge is -2.28. The Hall–Kier alpha value is -2.87. The fraction of sp³-hybridized carbons (Fsp3) is 0.214. The summed E-state index contributed by atoms with van der Waals surface area (Å²) in [6, 6.07) is 18.7. The van der Waals surface area contributed by atoms with E-state index in [4.69, 9.17) is 28.2 Å². The largest absolute Gasteiger partial charge is 0.342 e. The average Bonchev–Trinajstić information content (AvgIpc) is 3.52. The number of nitrogens with zero attached hydrogens (tertiary/aromatic N) is 5. The minimum Gasteiger partial charge on any atom is -0.342 e. The molecular formula is C28H23BrCl2FN5. The van der Waals surface area contributed by atoms with Gasteiger partial charge in [0.2, 0.25) is 5.95 Å². The van der Waals surface area contributed by atoms with Gasteiger partial charge in [-0.05, 0) is 79.4 Å². The van der Waals surface area contributed by atoms with Crippen LogP contribution >= 0.6 is 39.1 Å². The predicted molar refractivity (Wildman–Crippen MR) is 152 cm³/mol. The fourth-order valence-corrected chi connectivity index (χ4v) is 5.66. The lowest BCUT2D eigenvalue weighted by molar-refractivity contribution is 0.560. The molecule has 6 rings (SSSR count). The molecule has 1 fully saturated rings. The Kier molecular flexibility index (Phi) is 6.69. The Labute approximate surface area is 232 Å². The first-order valence-corrected chi connectivity index (χ1v) is 13.7. The number of anilines is 1. The Morgan fingerprint density at radius 1 is 0.919 bits per heavy atom. The van der Waals surface area contributed by atoms with Crippen molar-refractivity contribution in [1.82, 2.24) is 19.3 Å². The number of benzene rings is 3. The summed E-state index contributed by atoms with van der Waals surface area (Å²) in [7, 11) is 0. The molecule has 0 aliphatic carbocycles. The third-order valence-electron chi connectivity index (χ3n) is 6.75. The molecule has 37 heavy (non-hydrogen) atoms. The smallest absolute Gasteiger partial charge is 0.206 e. The highest BCUT2D eigenvalue weighted by molar-refractivity contribution is 9.10. The van der Waals surface area contributed by atoms with Crippen molar-refractivity contribution in [3.63, 3.8) is 0 Å². The van der Waals surface area contributed by atoms with Crippen LogP contribution in [0.5, 0.6) is 0 Å². The fourth-order valence-electron chi connectivity index (χ4n) is 4.98. The monoisotopic (exact) mass is 597 g/mol. The molecule has 0 unspecified atom stereocenters. The molecule has 0 N–H and O–H groups in total. The van der Waals surface area contributed by atoms with Gasteiger partial charge in [0.15, 0.2) is 0 Å². The molecule has 3 heterocycles. The number of hydrogen-bond donors (Lipinski definition) is 0. The van der Waals surface area contributed by atoms with Gasteiger partial charge in [0.25, 0.3) is 0 Å². The van der Waals surface area contributed by atoms with E-state index in [1.54, 1.807) is 18.3 Å². The average molecular weight is 599 g/mol. The molecule has 0 bridgehead atoms. The molecule has 9 heteroatoms. The summed E-state index contributed by atoms with van der Waals surface area (Å²) in [5, 5.41) is 5.31. The third-order valence-corrected chi connectivity index (χ3v) is 7.79. The molecule has 0 amide bonds. The van der Waals surface area contributed by atoms with E-state index in [9.17, 15) is 4.39 Å². The first-order valence-electron chi connectivity index (χ1n) is 12.2. The van der Waals surface area contributed by atoms with Crippen LogP contribution in [0.2, 0.25) is 10.0 Å². The summed E-state index contributed by atoms with van der Waals surface area (Å²) < 4.78 is 18.9. The van der Waals surface area contributed by atoms with Crippen LogP contribution in [0, 0.1) is 5.82 Å². The summed E-state index contributed by atoms with van der Waals surface area (Å²) in [5.74, 6) is 0.456. The number of rotatable bonds is 5. The minimum absolute atomic E-state index is 0.110. The number of piperidine rings is 1. The molecular weight excluding hydrogens is 576 g/mol. The highest BCUT2D eigenvalue weighted by Crippen LogP contribution is 2.36. The van der Waals surface area contributed by atoms with Crippen molar-refractivity contribution in [3.8, 4) is 16.9 Å². The van der Waals surface area contributed by atoms with Crippen LogP contribution in [0.15, 0.2) is 71.3 Å². The van der Waals surface area contributed by atoms with E-state index in [1.807, 2.05) is 47.1 Å². The van der Waals surface area contributed by atoms with Gasteiger partial charge < -0.3 is 9.47 Å². The zero-order chi connectivity index (χ0) is 25.5. The summed E-state index contributed by atoms with van der Waals surface area (Å²) in [6.45, 7) is 2.37. The van der Waals surface area contributed by atoms with Gasteiger partial charge in [-0.25, -0.2) is 14.1 Å². The van der Waals surface area contributed by atoms with Crippen molar-refractivity contribution in [2.75, 3.05) is 18.0 Å². The number of hydrogen-bond acceptors (Lipinski definition) is 3. The number of imidazole rings is 1. The van der Waals surface area contributed by atoms with Gasteiger partial charge in [-0.2, -0.15) is 5.10 Å². The maximum absolute atomic E-state index is 13.9. The summed E-state index contributed by atoms with van der Waals surface area (Å²) in [5.41, 5.74) is 5.38. The zero-order valence-corrected chi connectivity index (χ0v) is 22.9. The normalized spacial score (nSPS) is 14.0. The predicted octanol–water partition coefficient (Wildman–Crippen LogP) is 8.14. The molecule has 3 aromatic carbocycles. The molecule has 1 aliphatic rings. The van der Waals surface area contributed by atoms with E-state index in [-0.39, 0.29) is 5.02 Å². The number of halogens is 4. The first kappa shape index (κ1) is 24.5. The molecule has 0 radical (unpaired) electrons. The molecule has 1 saturated heterocycles. The van der Waals surface area contributed by atoms with Crippen molar-refractivity contribution in [1.29, 1.82) is 0 Å². The summed E-state index contributed by atoms with van der Waals surface area (Å²) in [4.78, 5) is 7.52. The van der Waals surface area contributed by atoms with Crippen LogP contribution in [0.1, 0.15) is 24.8 Å². The quantitative estimate of drug-likeness (QED) is 0.205. The van der Waals surface area contributed by atoms with Gasteiger partial charge in [-0.1, -0.05) is 45.2 Å². The molecule has 188 valence electrons. The van der Waals surface area contributed by atoms with Gasteiger partial charge >= 0.3 is 0 Å². The standard InChI is InChI=1S/C28H23BrCl2FN5/c29-19-5-7-21(8-6-19)37-25(10-11-33-37)22-15-20(30)16-26-27(22)34-28(35-12-2-1-3-13-35)36(26)17-18-4-9-24(32)23(31)14-18/h4-11,14-16H,1-3,12-13,17H2. The molecule has 2 aromatic heterocycles. The van der Waals surface area contributed by atoms with E-state index in [2.05, 4.69) is 30.5 Å².